The summed E-state index contributed by atoms with van der Waals surface area (Å²) in [5, 5.41) is 12.2. The summed E-state index contributed by atoms with van der Waals surface area (Å²) in [6.45, 7) is 0.392. The summed E-state index contributed by atoms with van der Waals surface area (Å²) in [5.41, 5.74) is 1.72. The Hall–Kier alpha value is -1.57. The van der Waals surface area contributed by atoms with E-state index in [1.807, 2.05) is 6.07 Å². The molecule has 0 aliphatic carbocycles. The van der Waals surface area contributed by atoms with Crippen LogP contribution in [0.15, 0.2) is 40.9 Å². The highest BCUT2D eigenvalue weighted by atomic mass is 79.9. The lowest BCUT2D eigenvalue weighted by molar-refractivity contribution is 0.629. The number of halogens is 3. The molecule has 0 aromatic heterocycles. The van der Waals surface area contributed by atoms with Crippen LogP contribution >= 0.6 is 27.5 Å². The Morgan fingerprint density at radius 2 is 2.05 bits per heavy atom. The number of nitrogens with zero attached hydrogens (tertiary/aromatic N) is 1. The molecule has 0 fully saturated rings. The predicted octanol–water partition coefficient (Wildman–Crippen LogP) is 4.73. The summed E-state index contributed by atoms with van der Waals surface area (Å²) in [6, 6.07) is 11.8. The summed E-state index contributed by atoms with van der Waals surface area (Å²) < 4.78 is 14.3. The largest absolute Gasteiger partial charge is 0.379 e. The summed E-state index contributed by atoms with van der Waals surface area (Å²) in [6.07, 6.45) is 0. The first-order valence-electron chi connectivity index (χ1n) is 5.47. The van der Waals surface area contributed by atoms with Crippen molar-refractivity contribution >= 4 is 33.2 Å². The second-order valence-electron chi connectivity index (χ2n) is 3.90. The van der Waals surface area contributed by atoms with Crippen LogP contribution in [0.5, 0.6) is 0 Å². The molecule has 2 aromatic rings. The van der Waals surface area contributed by atoms with Crippen molar-refractivity contribution in [2.24, 2.45) is 0 Å². The molecule has 0 atom stereocenters. The van der Waals surface area contributed by atoms with E-state index in [1.54, 1.807) is 30.3 Å². The van der Waals surface area contributed by atoms with Gasteiger partial charge < -0.3 is 5.32 Å². The normalized spacial score (nSPS) is 10.0. The van der Waals surface area contributed by atoms with Crippen LogP contribution < -0.4 is 5.32 Å². The summed E-state index contributed by atoms with van der Waals surface area (Å²) in [7, 11) is 0. The number of hydrogen-bond acceptors (Lipinski definition) is 2. The third-order valence-corrected chi connectivity index (χ3v) is 3.43. The minimum Gasteiger partial charge on any atom is -0.379 e. The molecule has 0 bridgehead atoms. The average Bonchev–Trinajstić information content (AvgIpc) is 2.39. The van der Waals surface area contributed by atoms with Gasteiger partial charge in [-0.3, -0.25) is 0 Å². The van der Waals surface area contributed by atoms with Crippen molar-refractivity contribution in [2.45, 2.75) is 6.54 Å². The quantitative estimate of drug-likeness (QED) is 0.878. The van der Waals surface area contributed by atoms with Gasteiger partial charge in [0.05, 0.1) is 17.3 Å². The topological polar surface area (TPSA) is 35.8 Å². The highest BCUT2D eigenvalue weighted by molar-refractivity contribution is 9.10. The molecule has 0 saturated heterocycles. The third kappa shape index (κ3) is 3.46. The van der Waals surface area contributed by atoms with Crippen molar-refractivity contribution in [3.8, 4) is 6.07 Å². The van der Waals surface area contributed by atoms with Crippen LogP contribution in [0.3, 0.4) is 0 Å². The third-order valence-electron chi connectivity index (χ3n) is 2.58. The van der Waals surface area contributed by atoms with Gasteiger partial charge in [0.15, 0.2) is 0 Å². The molecule has 0 radical (unpaired) electrons. The van der Waals surface area contributed by atoms with Gasteiger partial charge in [-0.05, 0) is 35.9 Å². The van der Waals surface area contributed by atoms with E-state index < -0.39 is 0 Å². The smallest absolute Gasteiger partial charge is 0.147 e. The van der Waals surface area contributed by atoms with Crippen LogP contribution in [0.4, 0.5) is 10.1 Å². The van der Waals surface area contributed by atoms with Crippen molar-refractivity contribution < 1.29 is 4.39 Å². The Morgan fingerprint density at radius 3 is 2.68 bits per heavy atom. The van der Waals surface area contributed by atoms with Gasteiger partial charge in [-0.25, -0.2) is 4.39 Å². The molecule has 19 heavy (non-hydrogen) atoms. The van der Waals surface area contributed by atoms with Crippen molar-refractivity contribution in [1.82, 2.24) is 0 Å². The number of rotatable bonds is 3. The van der Waals surface area contributed by atoms with E-state index in [1.165, 1.54) is 6.07 Å². The predicted molar refractivity (Wildman–Crippen MR) is 77.6 cm³/mol. The molecular weight excluding hydrogens is 331 g/mol. The van der Waals surface area contributed by atoms with Crippen molar-refractivity contribution in [1.29, 1.82) is 5.26 Å². The van der Waals surface area contributed by atoms with Crippen LogP contribution in [0.1, 0.15) is 11.1 Å². The van der Waals surface area contributed by atoms with E-state index in [0.717, 1.165) is 5.56 Å². The van der Waals surface area contributed by atoms with Crippen LogP contribution in [-0.2, 0) is 6.54 Å². The lowest BCUT2D eigenvalue weighted by Crippen LogP contribution is -2.02. The first kappa shape index (κ1) is 13.9. The molecule has 0 unspecified atom stereocenters. The van der Waals surface area contributed by atoms with Gasteiger partial charge in [-0.15, -0.1) is 0 Å². The SMILES string of the molecule is N#Cc1ccc(CNc2ccc(Br)cc2F)c(Cl)c1. The number of hydrogen-bond donors (Lipinski definition) is 1. The Morgan fingerprint density at radius 1 is 1.26 bits per heavy atom. The molecule has 2 rings (SSSR count). The molecule has 0 heterocycles. The van der Waals surface area contributed by atoms with Gasteiger partial charge in [-0.2, -0.15) is 5.26 Å². The second kappa shape index (κ2) is 6.05. The maximum absolute atomic E-state index is 13.6. The van der Waals surface area contributed by atoms with Crippen LogP contribution in [-0.4, -0.2) is 0 Å². The summed E-state index contributed by atoms with van der Waals surface area (Å²) >= 11 is 9.25. The number of benzene rings is 2. The van der Waals surface area contributed by atoms with Gasteiger partial charge in [0.1, 0.15) is 5.82 Å². The maximum Gasteiger partial charge on any atom is 0.147 e. The molecule has 0 amide bonds. The van der Waals surface area contributed by atoms with Gasteiger partial charge in [0, 0.05) is 16.0 Å². The molecule has 0 aliphatic rings. The fraction of sp³-hybridized carbons (Fsp3) is 0.0714. The Labute approximate surface area is 123 Å². The molecule has 0 saturated carbocycles. The Balaban J connectivity index is 2.13. The van der Waals surface area contributed by atoms with Crippen LogP contribution in [0, 0.1) is 17.1 Å². The van der Waals surface area contributed by atoms with Crippen molar-refractivity contribution in [2.75, 3.05) is 5.32 Å². The zero-order valence-corrected chi connectivity index (χ0v) is 12.1. The fourth-order valence-corrected chi connectivity index (χ4v) is 2.16. The molecule has 0 spiro atoms. The average molecular weight is 340 g/mol. The van der Waals surface area contributed by atoms with Crippen LogP contribution in [0.2, 0.25) is 5.02 Å². The lowest BCUT2D eigenvalue weighted by Gasteiger charge is -2.09. The molecule has 5 heteroatoms. The highest BCUT2D eigenvalue weighted by Gasteiger charge is 2.05. The Kier molecular flexibility index (Phi) is 4.41. The van der Waals surface area contributed by atoms with E-state index in [-0.39, 0.29) is 5.82 Å². The number of nitrogens with one attached hydrogen (secondary N) is 1. The van der Waals surface area contributed by atoms with Crippen molar-refractivity contribution in [3.63, 3.8) is 0 Å². The van der Waals surface area contributed by atoms with Gasteiger partial charge in [0.2, 0.25) is 0 Å². The van der Waals surface area contributed by atoms with Gasteiger partial charge >= 0.3 is 0 Å². The summed E-state index contributed by atoms with van der Waals surface area (Å²) in [5.74, 6) is -0.334. The van der Waals surface area contributed by atoms with E-state index in [0.29, 0.717) is 27.3 Å². The summed E-state index contributed by atoms with van der Waals surface area (Å²) in [4.78, 5) is 0. The zero-order chi connectivity index (χ0) is 13.8. The van der Waals surface area contributed by atoms with Crippen LogP contribution in [0.25, 0.3) is 0 Å². The van der Waals surface area contributed by atoms with E-state index in [2.05, 4.69) is 21.2 Å². The van der Waals surface area contributed by atoms with E-state index in [4.69, 9.17) is 16.9 Å². The zero-order valence-electron chi connectivity index (χ0n) is 9.75. The van der Waals surface area contributed by atoms with Gasteiger partial charge in [0.25, 0.3) is 0 Å². The molecular formula is C14H9BrClFN2. The monoisotopic (exact) mass is 338 g/mol. The molecule has 1 N–H and O–H groups in total. The standard InChI is InChI=1S/C14H9BrClFN2/c15-11-3-4-14(13(17)6-11)19-8-10-2-1-9(7-18)5-12(10)16/h1-6,19H,8H2. The minimum atomic E-state index is -0.334. The number of anilines is 1. The van der Waals surface area contributed by atoms with E-state index >= 15 is 0 Å². The molecule has 2 nitrogen and oxygen atoms in total. The minimum absolute atomic E-state index is 0.334. The fourth-order valence-electron chi connectivity index (χ4n) is 1.58. The van der Waals surface area contributed by atoms with Gasteiger partial charge in [-0.1, -0.05) is 33.6 Å². The lowest BCUT2D eigenvalue weighted by atomic mass is 10.1. The van der Waals surface area contributed by atoms with E-state index in [9.17, 15) is 4.39 Å². The number of nitriles is 1. The first-order chi connectivity index (χ1) is 9.10. The van der Waals surface area contributed by atoms with Crippen molar-refractivity contribution in [3.05, 3.63) is 62.8 Å². The molecule has 2 aromatic carbocycles. The highest BCUT2D eigenvalue weighted by Crippen LogP contribution is 2.22. The Bertz CT molecular complexity index is 652. The first-order valence-corrected chi connectivity index (χ1v) is 6.64. The molecule has 96 valence electrons. The molecule has 0 aliphatic heterocycles. The second-order valence-corrected chi connectivity index (χ2v) is 5.22. The maximum atomic E-state index is 13.6.